The lowest BCUT2D eigenvalue weighted by molar-refractivity contribution is -0.120. The van der Waals surface area contributed by atoms with Gasteiger partial charge in [-0.3, -0.25) is 4.79 Å². The molecule has 1 aromatic rings. The van der Waals surface area contributed by atoms with Crippen LogP contribution in [-0.4, -0.2) is 41.6 Å². The van der Waals surface area contributed by atoms with Crippen molar-refractivity contribution in [2.45, 2.75) is 47.6 Å². The zero-order valence-electron chi connectivity index (χ0n) is 13.9. The first-order chi connectivity index (χ1) is 9.88. The second kappa shape index (κ2) is 7.81. The van der Waals surface area contributed by atoms with Crippen LogP contribution in [0.15, 0.2) is 0 Å². The Bertz CT molecular complexity index is 487. The van der Waals surface area contributed by atoms with Crippen molar-refractivity contribution in [2.75, 3.05) is 29.9 Å². The van der Waals surface area contributed by atoms with Gasteiger partial charge in [-0.25, -0.2) is 9.97 Å². The lowest BCUT2D eigenvalue weighted by Crippen LogP contribution is -2.40. The molecule has 0 atom stereocenters. The van der Waals surface area contributed by atoms with Crippen molar-refractivity contribution in [1.82, 2.24) is 15.3 Å². The van der Waals surface area contributed by atoms with Crippen molar-refractivity contribution in [3.63, 3.8) is 0 Å². The monoisotopic (exact) mass is 293 g/mol. The molecule has 0 aliphatic carbocycles. The van der Waals surface area contributed by atoms with Crippen LogP contribution in [0.1, 0.15) is 39.1 Å². The van der Waals surface area contributed by atoms with Crippen molar-refractivity contribution in [3.05, 3.63) is 11.4 Å². The molecule has 0 aliphatic rings. The van der Waals surface area contributed by atoms with Gasteiger partial charge in [-0.05, 0) is 41.5 Å². The Hall–Kier alpha value is -1.85. The average molecular weight is 293 g/mol. The minimum atomic E-state index is 0.00696. The van der Waals surface area contributed by atoms with E-state index in [1.54, 1.807) is 0 Å². The number of amides is 1. The molecule has 0 saturated heterocycles. The molecule has 0 radical (unpaired) electrons. The van der Waals surface area contributed by atoms with Gasteiger partial charge in [-0.2, -0.15) is 0 Å². The summed E-state index contributed by atoms with van der Waals surface area (Å²) in [5, 5.41) is 6.15. The van der Waals surface area contributed by atoms with Gasteiger partial charge in [0.25, 0.3) is 0 Å². The summed E-state index contributed by atoms with van der Waals surface area (Å²) in [6.07, 6.45) is 0. The molecule has 1 rings (SSSR count). The summed E-state index contributed by atoms with van der Waals surface area (Å²) in [7, 11) is 0. The minimum Gasteiger partial charge on any atom is -0.370 e. The molecule has 2 N–H and O–H groups in total. The van der Waals surface area contributed by atoms with Crippen LogP contribution in [-0.2, 0) is 4.79 Å². The number of anilines is 2. The number of aromatic nitrogens is 2. The predicted octanol–water partition coefficient (Wildman–Crippen LogP) is 1.88. The van der Waals surface area contributed by atoms with E-state index in [-0.39, 0.29) is 11.9 Å². The van der Waals surface area contributed by atoms with Gasteiger partial charge in [0.1, 0.15) is 17.5 Å². The summed E-state index contributed by atoms with van der Waals surface area (Å²) in [4.78, 5) is 22.9. The Morgan fingerprint density at radius 2 is 1.90 bits per heavy atom. The summed E-state index contributed by atoms with van der Waals surface area (Å²) in [6, 6.07) is 0.141. The maximum Gasteiger partial charge on any atom is 0.239 e. The molecule has 0 unspecified atom stereocenters. The zero-order chi connectivity index (χ0) is 16.0. The van der Waals surface area contributed by atoms with Gasteiger partial charge < -0.3 is 15.5 Å². The molecule has 0 fully saturated rings. The molecule has 0 saturated carbocycles. The van der Waals surface area contributed by atoms with Crippen LogP contribution in [0.4, 0.5) is 11.6 Å². The van der Waals surface area contributed by atoms with Crippen molar-refractivity contribution in [2.24, 2.45) is 0 Å². The number of rotatable bonds is 7. The summed E-state index contributed by atoms with van der Waals surface area (Å²) >= 11 is 0. The molecule has 6 heteroatoms. The van der Waals surface area contributed by atoms with Crippen LogP contribution in [0, 0.1) is 13.8 Å². The van der Waals surface area contributed by atoms with Gasteiger partial charge in [0.2, 0.25) is 5.91 Å². The first-order valence-electron chi connectivity index (χ1n) is 7.52. The third kappa shape index (κ3) is 4.88. The highest BCUT2D eigenvalue weighted by Crippen LogP contribution is 2.23. The number of likely N-dealkylation sites (N-methyl/N-ethyl adjacent to an activating group) is 1. The van der Waals surface area contributed by atoms with Gasteiger partial charge in [0, 0.05) is 24.7 Å². The van der Waals surface area contributed by atoms with E-state index in [4.69, 9.17) is 0 Å². The average Bonchev–Trinajstić information content (AvgIpc) is 2.39. The van der Waals surface area contributed by atoms with E-state index >= 15 is 0 Å². The summed E-state index contributed by atoms with van der Waals surface area (Å²) in [5.74, 6) is 2.37. The summed E-state index contributed by atoms with van der Waals surface area (Å²) in [6.45, 7) is 13.6. The molecule has 1 amide bonds. The molecule has 21 heavy (non-hydrogen) atoms. The van der Waals surface area contributed by atoms with Crippen LogP contribution in [0.5, 0.6) is 0 Å². The SMILES string of the molecule is CCNc1nc(C)nc(N(CC)CC(=O)NC(C)C)c1C. The highest BCUT2D eigenvalue weighted by molar-refractivity contribution is 5.81. The van der Waals surface area contributed by atoms with Crippen molar-refractivity contribution in [1.29, 1.82) is 0 Å². The number of aryl methyl sites for hydroxylation is 1. The van der Waals surface area contributed by atoms with Crippen molar-refractivity contribution >= 4 is 17.5 Å². The molecule has 0 aliphatic heterocycles. The first-order valence-corrected chi connectivity index (χ1v) is 7.52. The second-order valence-corrected chi connectivity index (χ2v) is 5.33. The van der Waals surface area contributed by atoms with Gasteiger partial charge >= 0.3 is 0 Å². The molecule has 118 valence electrons. The van der Waals surface area contributed by atoms with Gasteiger partial charge in [0.05, 0.1) is 6.54 Å². The largest absolute Gasteiger partial charge is 0.370 e. The van der Waals surface area contributed by atoms with E-state index in [2.05, 4.69) is 20.6 Å². The third-order valence-electron chi connectivity index (χ3n) is 3.04. The van der Waals surface area contributed by atoms with E-state index in [9.17, 15) is 4.79 Å². The second-order valence-electron chi connectivity index (χ2n) is 5.33. The topological polar surface area (TPSA) is 70.2 Å². The highest BCUT2D eigenvalue weighted by Gasteiger charge is 2.17. The molecular formula is C15H27N5O. The van der Waals surface area contributed by atoms with E-state index in [1.165, 1.54) is 0 Å². The molecule has 0 bridgehead atoms. The number of carbonyl (C=O) groups is 1. The van der Waals surface area contributed by atoms with Gasteiger partial charge in [-0.1, -0.05) is 0 Å². The molecule has 0 aromatic carbocycles. The standard InChI is InChI=1S/C15H27N5O/c1-7-16-14-11(5)15(19-12(6)18-14)20(8-2)9-13(21)17-10(3)4/h10H,7-9H2,1-6H3,(H,17,21)(H,16,18,19). The Morgan fingerprint density at radius 3 is 2.43 bits per heavy atom. The normalized spacial score (nSPS) is 10.6. The molecule has 1 aromatic heterocycles. The number of nitrogens with one attached hydrogen (secondary N) is 2. The summed E-state index contributed by atoms with van der Waals surface area (Å²) in [5.41, 5.74) is 0.974. The lowest BCUT2D eigenvalue weighted by Gasteiger charge is -2.25. The highest BCUT2D eigenvalue weighted by atomic mass is 16.2. The smallest absolute Gasteiger partial charge is 0.239 e. The number of hydrogen-bond donors (Lipinski definition) is 2. The molecular weight excluding hydrogens is 266 g/mol. The molecule has 1 heterocycles. The van der Waals surface area contributed by atoms with E-state index < -0.39 is 0 Å². The molecule has 0 spiro atoms. The Balaban J connectivity index is 3.02. The van der Waals surface area contributed by atoms with E-state index in [1.807, 2.05) is 46.4 Å². The quantitative estimate of drug-likeness (QED) is 0.803. The maximum atomic E-state index is 12.0. The number of nitrogens with zero attached hydrogens (tertiary/aromatic N) is 3. The Morgan fingerprint density at radius 1 is 1.24 bits per heavy atom. The van der Waals surface area contributed by atoms with Gasteiger partial charge in [0.15, 0.2) is 0 Å². The fourth-order valence-corrected chi connectivity index (χ4v) is 2.14. The zero-order valence-corrected chi connectivity index (χ0v) is 13.9. The van der Waals surface area contributed by atoms with E-state index in [0.29, 0.717) is 18.9 Å². The summed E-state index contributed by atoms with van der Waals surface area (Å²) < 4.78 is 0. The third-order valence-corrected chi connectivity index (χ3v) is 3.04. The lowest BCUT2D eigenvalue weighted by atomic mass is 10.2. The van der Waals surface area contributed by atoms with Gasteiger partial charge in [-0.15, -0.1) is 0 Å². The van der Waals surface area contributed by atoms with Crippen LogP contribution >= 0.6 is 0 Å². The van der Waals surface area contributed by atoms with E-state index in [0.717, 1.165) is 23.7 Å². The van der Waals surface area contributed by atoms with Crippen molar-refractivity contribution < 1.29 is 4.79 Å². The van der Waals surface area contributed by atoms with Crippen LogP contribution in [0.25, 0.3) is 0 Å². The fourth-order valence-electron chi connectivity index (χ4n) is 2.14. The van der Waals surface area contributed by atoms with Crippen LogP contribution in [0.3, 0.4) is 0 Å². The predicted molar refractivity (Wildman–Crippen MR) is 86.8 cm³/mol. The Labute approximate surface area is 127 Å². The van der Waals surface area contributed by atoms with Crippen molar-refractivity contribution in [3.8, 4) is 0 Å². The van der Waals surface area contributed by atoms with Crippen LogP contribution in [0.2, 0.25) is 0 Å². The number of hydrogen-bond acceptors (Lipinski definition) is 5. The Kier molecular flexibility index (Phi) is 6.39. The number of carbonyl (C=O) groups excluding carboxylic acids is 1. The molecule has 6 nitrogen and oxygen atoms in total. The fraction of sp³-hybridized carbons (Fsp3) is 0.667. The maximum absolute atomic E-state index is 12.0. The minimum absolute atomic E-state index is 0.00696. The van der Waals surface area contributed by atoms with Crippen LogP contribution < -0.4 is 15.5 Å². The first kappa shape index (κ1) is 17.2.